The van der Waals surface area contributed by atoms with Gasteiger partial charge in [0.15, 0.2) is 0 Å². The lowest BCUT2D eigenvalue weighted by Gasteiger charge is -2.18. The van der Waals surface area contributed by atoms with Gasteiger partial charge in [0.05, 0.1) is 12.6 Å². The molecule has 1 unspecified atom stereocenters. The van der Waals surface area contributed by atoms with Crippen molar-refractivity contribution in [2.24, 2.45) is 0 Å². The lowest BCUT2D eigenvalue weighted by Crippen LogP contribution is -2.22. The number of fused-ring (bicyclic) bond motifs is 1. The Morgan fingerprint density at radius 1 is 1.11 bits per heavy atom. The lowest BCUT2D eigenvalue weighted by atomic mass is 9.99. The van der Waals surface area contributed by atoms with Gasteiger partial charge >= 0.3 is 0 Å². The van der Waals surface area contributed by atoms with Gasteiger partial charge in [0.2, 0.25) is 0 Å². The van der Waals surface area contributed by atoms with E-state index in [1.807, 2.05) is 7.05 Å². The maximum Gasteiger partial charge on any atom is 0.0661 e. The van der Waals surface area contributed by atoms with Crippen LogP contribution in [0.4, 0.5) is 0 Å². The van der Waals surface area contributed by atoms with Crippen molar-refractivity contribution in [1.29, 1.82) is 0 Å². The van der Waals surface area contributed by atoms with E-state index in [-0.39, 0.29) is 6.04 Å². The van der Waals surface area contributed by atoms with Crippen LogP contribution in [0, 0.1) is 0 Å². The first-order valence-corrected chi connectivity index (χ1v) is 6.59. The monoisotopic (exact) mass is 243 g/mol. The number of ether oxygens (including phenoxy) is 1. The molecule has 0 aromatic heterocycles. The number of hydrogen-bond acceptors (Lipinski definition) is 2. The molecule has 0 aliphatic heterocycles. The number of rotatable bonds is 6. The summed E-state index contributed by atoms with van der Waals surface area (Å²) in [5.41, 5.74) is 1.31. The third-order valence-electron chi connectivity index (χ3n) is 3.18. The molecule has 0 amide bonds. The second-order valence-corrected chi connectivity index (χ2v) is 4.48. The SMILES string of the molecule is CCCOCC(NC)c1cccc2ccccc12. The molecule has 0 bridgehead atoms. The number of benzene rings is 2. The van der Waals surface area contributed by atoms with Crippen LogP contribution < -0.4 is 5.32 Å². The van der Waals surface area contributed by atoms with Crippen LogP contribution in [0.5, 0.6) is 0 Å². The normalized spacial score (nSPS) is 12.8. The van der Waals surface area contributed by atoms with Crippen molar-refractivity contribution in [2.45, 2.75) is 19.4 Å². The fourth-order valence-corrected chi connectivity index (χ4v) is 2.23. The van der Waals surface area contributed by atoms with E-state index >= 15 is 0 Å². The van der Waals surface area contributed by atoms with Crippen molar-refractivity contribution in [3.63, 3.8) is 0 Å². The van der Waals surface area contributed by atoms with E-state index in [0.717, 1.165) is 19.6 Å². The highest BCUT2D eigenvalue weighted by Gasteiger charge is 2.11. The van der Waals surface area contributed by atoms with Crippen molar-refractivity contribution in [2.75, 3.05) is 20.3 Å². The van der Waals surface area contributed by atoms with E-state index < -0.39 is 0 Å². The molecule has 0 heterocycles. The highest BCUT2D eigenvalue weighted by molar-refractivity contribution is 5.86. The average Bonchev–Trinajstić information content (AvgIpc) is 2.43. The van der Waals surface area contributed by atoms with Gasteiger partial charge in [-0.3, -0.25) is 0 Å². The lowest BCUT2D eigenvalue weighted by molar-refractivity contribution is 0.114. The quantitative estimate of drug-likeness (QED) is 0.784. The Morgan fingerprint density at radius 2 is 1.89 bits per heavy atom. The third-order valence-corrected chi connectivity index (χ3v) is 3.18. The molecule has 96 valence electrons. The second kappa shape index (κ2) is 6.53. The van der Waals surface area contributed by atoms with Gasteiger partial charge < -0.3 is 10.1 Å². The van der Waals surface area contributed by atoms with E-state index in [0.29, 0.717) is 0 Å². The summed E-state index contributed by atoms with van der Waals surface area (Å²) in [6.07, 6.45) is 1.06. The molecule has 1 N–H and O–H groups in total. The molecule has 0 spiro atoms. The molecule has 2 nitrogen and oxygen atoms in total. The largest absolute Gasteiger partial charge is 0.379 e. The maximum absolute atomic E-state index is 5.68. The minimum atomic E-state index is 0.252. The van der Waals surface area contributed by atoms with E-state index in [1.165, 1.54) is 16.3 Å². The van der Waals surface area contributed by atoms with Crippen LogP contribution in [0.3, 0.4) is 0 Å². The van der Waals surface area contributed by atoms with Crippen molar-refractivity contribution < 1.29 is 4.74 Å². The van der Waals surface area contributed by atoms with Gasteiger partial charge in [-0.25, -0.2) is 0 Å². The molecule has 2 heteroatoms. The van der Waals surface area contributed by atoms with Crippen molar-refractivity contribution in [1.82, 2.24) is 5.32 Å². The smallest absolute Gasteiger partial charge is 0.0661 e. The van der Waals surface area contributed by atoms with Crippen LogP contribution in [-0.2, 0) is 4.74 Å². The van der Waals surface area contributed by atoms with Gasteiger partial charge in [0.25, 0.3) is 0 Å². The topological polar surface area (TPSA) is 21.3 Å². The van der Waals surface area contributed by atoms with Crippen LogP contribution in [0.15, 0.2) is 42.5 Å². The van der Waals surface area contributed by atoms with Gasteiger partial charge in [-0.15, -0.1) is 0 Å². The molecule has 2 aromatic rings. The predicted octanol–water partition coefficient (Wildman–Crippen LogP) is 3.53. The molecule has 0 aliphatic carbocycles. The molecule has 0 fully saturated rings. The maximum atomic E-state index is 5.68. The van der Waals surface area contributed by atoms with Crippen molar-refractivity contribution >= 4 is 10.8 Å². The first kappa shape index (κ1) is 13.1. The zero-order chi connectivity index (χ0) is 12.8. The standard InChI is InChI=1S/C16H21NO/c1-3-11-18-12-16(17-2)15-10-6-8-13-7-4-5-9-14(13)15/h4-10,16-17H,3,11-12H2,1-2H3. The Kier molecular flexibility index (Phi) is 4.73. The molecule has 2 rings (SSSR count). The molecule has 0 radical (unpaired) electrons. The Labute approximate surface area is 109 Å². The number of nitrogens with one attached hydrogen (secondary N) is 1. The summed E-state index contributed by atoms with van der Waals surface area (Å²) in [6, 6.07) is 15.2. The second-order valence-electron chi connectivity index (χ2n) is 4.48. The highest BCUT2D eigenvalue weighted by atomic mass is 16.5. The van der Waals surface area contributed by atoms with Gasteiger partial charge in [-0.1, -0.05) is 49.4 Å². The van der Waals surface area contributed by atoms with Crippen molar-refractivity contribution in [3.05, 3.63) is 48.0 Å². The Balaban J connectivity index is 2.27. The summed E-state index contributed by atoms with van der Waals surface area (Å²) in [6.45, 7) is 3.67. The van der Waals surface area contributed by atoms with Crippen LogP contribution in [0.25, 0.3) is 10.8 Å². The first-order chi connectivity index (χ1) is 8.86. The van der Waals surface area contributed by atoms with Gasteiger partial charge in [0, 0.05) is 6.61 Å². The molecule has 0 saturated heterocycles. The van der Waals surface area contributed by atoms with Crippen LogP contribution in [-0.4, -0.2) is 20.3 Å². The van der Waals surface area contributed by atoms with Crippen LogP contribution in [0.2, 0.25) is 0 Å². The molecule has 0 aliphatic rings. The Hall–Kier alpha value is -1.38. The van der Waals surface area contributed by atoms with E-state index in [2.05, 4.69) is 54.7 Å². The van der Waals surface area contributed by atoms with E-state index in [9.17, 15) is 0 Å². The summed E-state index contributed by atoms with van der Waals surface area (Å²) in [7, 11) is 1.99. The van der Waals surface area contributed by atoms with Gasteiger partial charge in [0.1, 0.15) is 0 Å². The molecule has 18 heavy (non-hydrogen) atoms. The van der Waals surface area contributed by atoms with Gasteiger partial charge in [-0.2, -0.15) is 0 Å². The zero-order valence-electron chi connectivity index (χ0n) is 11.1. The minimum Gasteiger partial charge on any atom is -0.379 e. The predicted molar refractivity (Wildman–Crippen MR) is 76.9 cm³/mol. The fourth-order valence-electron chi connectivity index (χ4n) is 2.23. The summed E-state index contributed by atoms with van der Waals surface area (Å²) in [5.74, 6) is 0. The highest BCUT2D eigenvalue weighted by Crippen LogP contribution is 2.24. The Bertz CT molecular complexity index is 490. The summed E-state index contributed by atoms with van der Waals surface area (Å²) < 4.78 is 5.68. The van der Waals surface area contributed by atoms with Crippen LogP contribution in [0.1, 0.15) is 24.9 Å². The molecular formula is C16H21NO. The molecular weight excluding hydrogens is 222 g/mol. The molecule has 0 saturated carbocycles. The first-order valence-electron chi connectivity index (χ1n) is 6.59. The van der Waals surface area contributed by atoms with Crippen LogP contribution >= 0.6 is 0 Å². The van der Waals surface area contributed by atoms with Gasteiger partial charge in [-0.05, 0) is 29.8 Å². The summed E-state index contributed by atoms with van der Waals surface area (Å²) >= 11 is 0. The average molecular weight is 243 g/mol. The number of hydrogen-bond donors (Lipinski definition) is 1. The van der Waals surface area contributed by atoms with Crippen molar-refractivity contribution in [3.8, 4) is 0 Å². The zero-order valence-corrected chi connectivity index (χ0v) is 11.1. The molecule has 1 atom stereocenters. The van der Waals surface area contributed by atoms with E-state index in [1.54, 1.807) is 0 Å². The third kappa shape index (κ3) is 2.89. The van der Waals surface area contributed by atoms with E-state index in [4.69, 9.17) is 4.74 Å². The summed E-state index contributed by atoms with van der Waals surface area (Å²) in [5, 5.41) is 5.93. The summed E-state index contributed by atoms with van der Waals surface area (Å²) in [4.78, 5) is 0. The molecule has 2 aromatic carbocycles. The number of likely N-dealkylation sites (N-methyl/N-ethyl adjacent to an activating group) is 1. The fraction of sp³-hybridized carbons (Fsp3) is 0.375. The Morgan fingerprint density at radius 3 is 2.67 bits per heavy atom. The minimum absolute atomic E-state index is 0.252.